The normalized spacial score (nSPS) is 25.8. The van der Waals surface area contributed by atoms with Crippen molar-refractivity contribution in [1.82, 2.24) is 9.88 Å². The van der Waals surface area contributed by atoms with E-state index in [0.717, 1.165) is 32.2 Å². The van der Waals surface area contributed by atoms with E-state index in [4.69, 9.17) is 19.4 Å². The number of halogens is 3. The van der Waals surface area contributed by atoms with Crippen LogP contribution >= 0.6 is 0 Å². The number of nitrogens with zero attached hydrogens (tertiary/aromatic N) is 2. The second-order valence-corrected chi connectivity index (χ2v) is 8.46. The number of carboxylic acid groups (broad SMARTS) is 1. The number of pyridine rings is 1. The molecule has 3 fully saturated rings. The Morgan fingerprint density at radius 2 is 1.90 bits per heavy atom. The second-order valence-electron chi connectivity index (χ2n) is 8.46. The van der Waals surface area contributed by atoms with Gasteiger partial charge >= 0.3 is 12.1 Å². The lowest BCUT2D eigenvalue weighted by atomic mass is 9.82. The smallest absolute Gasteiger partial charge is 0.475 e. The van der Waals surface area contributed by atoms with Crippen LogP contribution in [0.5, 0.6) is 0 Å². The van der Waals surface area contributed by atoms with E-state index in [1.165, 1.54) is 25.7 Å². The predicted octanol–water partition coefficient (Wildman–Crippen LogP) is 3.01. The zero-order valence-electron chi connectivity index (χ0n) is 17.1. The molecule has 1 aromatic rings. The highest BCUT2D eigenvalue weighted by atomic mass is 19.4. The zero-order valence-corrected chi connectivity index (χ0v) is 17.1. The van der Waals surface area contributed by atoms with Crippen molar-refractivity contribution in [3.05, 3.63) is 30.1 Å². The summed E-state index contributed by atoms with van der Waals surface area (Å²) in [4.78, 5) is 27.6. The maximum atomic E-state index is 12.7. The van der Waals surface area contributed by atoms with E-state index >= 15 is 0 Å². The van der Waals surface area contributed by atoms with Crippen LogP contribution in [0.3, 0.4) is 0 Å². The van der Waals surface area contributed by atoms with Crippen LogP contribution in [0, 0.1) is 17.3 Å². The molecule has 3 aliphatic rings. The molecular weight excluding hydrogens is 417 g/mol. The number of amides is 1. The fourth-order valence-electron chi connectivity index (χ4n) is 4.47. The minimum absolute atomic E-state index is 0.0126. The Bertz CT molecular complexity index is 755. The predicted molar refractivity (Wildman–Crippen MR) is 103 cm³/mol. The van der Waals surface area contributed by atoms with Crippen LogP contribution in [0.1, 0.15) is 36.0 Å². The Morgan fingerprint density at radius 1 is 1.26 bits per heavy atom. The Hall–Kier alpha value is -2.20. The number of carbonyl (C=O) groups is 2. The van der Waals surface area contributed by atoms with Crippen LogP contribution < -0.4 is 0 Å². The summed E-state index contributed by atoms with van der Waals surface area (Å²) in [5.74, 6) is -1.53. The molecule has 2 atom stereocenters. The van der Waals surface area contributed by atoms with Gasteiger partial charge in [0.1, 0.15) is 0 Å². The van der Waals surface area contributed by atoms with E-state index in [9.17, 15) is 18.0 Å². The SMILES string of the molecule is O=C(O)C(F)(F)F.O=C(c1ccncc1)N1C[C@@H]2COC[C@]2(COCC2CCCC2)C1. The van der Waals surface area contributed by atoms with Gasteiger partial charge in [-0.15, -0.1) is 0 Å². The molecule has 0 bridgehead atoms. The standard InChI is InChI=1S/C19H26N2O3.C2HF3O2/c22-18(16-5-7-20-8-6-16)21-9-17-11-24-14-19(17,12-21)13-23-10-15-3-1-2-4-15;3-2(4,5)1(6)7/h5-8,15,17H,1-4,9-14H2;(H,6,7)/t17-,19-;/m1./s1. The largest absolute Gasteiger partial charge is 0.490 e. The van der Waals surface area contributed by atoms with Crippen LogP contribution in [0.25, 0.3) is 0 Å². The molecule has 0 unspecified atom stereocenters. The number of likely N-dealkylation sites (tertiary alicyclic amines) is 1. The lowest BCUT2D eigenvalue weighted by Gasteiger charge is -2.27. The summed E-state index contributed by atoms with van der Waals surface area (Å²) in [5, 5.41) is 7.12. The molecule has 172 valence electrons. The van der Waals surface area contributed by atoms with Gasteiger partial charge in [-0.05, 0) is 30.9 Å². The van der Waals surface area contributed by atoms with Gasteiger partial charge in [-0.25, -0.2) is 4.79 Å². The molecule has 3 heterocycles. The number of carboxylic acids is 1. The first-order chi connectivity index (χ1) is 14.7. The molecule has 1 N–H and O–H groups in total. The Labute approximate surface area is 178 Å². The first kappa shape index (κ1) is 23.5. The van der Waals surface area contributed by atoms with Gasteiger partial charge in [-0.1, -0.05) is 12.8 Å². The highest BCUT2D eigenvalue weighted by molar-refractivity contribution is 5.94. The fourth-order valence-corrected chi connectivity index (χ4v) is 4.47. The average Bonchev–Trinajstić information content (AvgIpc) is 3.44. The summed E-state index contributed by atoms with van der Waals surface area (Å²) in [6, 6.07) is 3.58. The van der Waals surface area contributed by atoms with Gasteiger partial charge in [-0.2, -0.15) is 13.2 Å². The Kier molecular flexibility index (Phi) is 7.53. The Balaban J connectivity index is 0.000000339. The lowest BCUT2D eigenvalue weighted by Crippen LogP contribution is -2.37. The number of aliphatic carboxylic acids is 1. The van der Waals surface area contributed by atoms with Gasteiger partial charge in [0.25, 0.3) is 5.91 Å². The van der Waals surface area contributed by atoms with Crippen LogP contribution in [0.15, 0.2) is 24.5 Å². The molecule has 0 spiro atoms. The van der Waals surface area contributed by atoms with Crippen molar-refractivity contribution in [3.63, 3.8) is 0 Å². The molecule has 4 rings (SSSR count). The molecule has 1 aromatic heterocycles. The number of hydrogen-bond donors (Lipinski definition) is 1. The summed E-state index contributed by atoms with van der Waals surface area (Å²) < 4.78 is 43.6. The third-order valence-electron chi connectivity index (χ3n) is 6.20. The van der Waals surface area contributed by atoms with Crippen LogP contribution in [0.2, 0.25) is 0 Å². The number of rotatable bonds is 5. The number of ether oxygens (including phenoxy) is 2. The first-order valence-electron chi connectivity index (χ1n) is 10.4. The third-order valence-corrected chi connectivity index (χ3v) is 6.20. The number of fused-ring (bicyclic) bond motifs is 1. The first-order valence-corrected chi connectivity index (χ1v) is 10.4. The molecule has 7 nitrogen and oxygen atoms in total. The number of carbonyl (C=O) groups excluding carboxylic acids is 1. The van der Waals surface area contributed by atoms with Crippen molar-refractivity contribution < 1.29 is 37.3 Å². The van der Waals surface area contributed by atoms with Crippen molar-refractivity contribution in [2.24, 2.45) is 17.3 Å². The molecule has 2 saturated heterocycles. The summed E-state index contributed by atoms with van der Waals surface area (Å²) in [6.45, 7) is 4.55. The highest BCUT2D eigenvalue weighted by Crippen LogP contribution is 2.42. The zero-order chi connectivity index (χ0) is 22.5. The molecule has 31 heavy (non-hydrogen) atoms. The van der Waals surface area contributed by atoms with Crippen molar-refractivity contribution in [3.8, 4) is 0 Å². The van der Waals surface area contributed by atoms with Gasteiger partial charge in [0.15, 0.2) is 0 Å². The van der Waals surface area contributed by atoms with E-state index in [1.807, 2.05) is 4.90 Å². The van der Waals surface area contributed by atoms with E-state index in [0.29, 0.717) is 24.7 Å². The molecule has 0 aromatic carbocycles. The second kappa shape index (κ2) is 9.95. The van der Waals surface area contributed by atoms with Gasteiger partial charge < -0.3 is 19.5 Å². The van der Waals surface area contributed by atoms with Crippen LogP contribution in [-0.2, 0) is 14.3 Å². The Morgan fingerprint density at radius 3 is 2.52 bits per heavy atom. The summed E-state index contributed by atoms with van der Waals surface area (Å²) in [7, 11) is 0. The minimum atomic E-state index is -5.08. The van der Waals surface area contributed by atoms with E-state index in [2.05, 4.69) is 4.98 Å². The van der Waals surface area contributed by atoms with E-state index in [1.54, 1.807) is 24.5 Å². The number of alkyl halides is 3. The molecule has 1 saturated carbocycles. The lowest BCUT2D eigenvalue weighted by molar-refractivity contribution is -0.192. The van der Waals surface area contributed by atoms with Crippen LogP contribution in [0.4, 0.5) is 13.2 Å². The number of hydrogen-bond acceptors (Lipinski definition) is 5. The monoisotopic (exact) mass is 444 g/mol. The molecule has 10 heteroatoms. The van der Waals surface area contributed by atoms with Crippen molar-refractivity contribution >= 4 is 11.9 Å². The molecule has 2 aliphatic heterocycles. The van der Waals surface area contributed by atoms with Gasteiger partial charge in [0.05, 0.1) is 19.8 Å². The third kappa shape index (κ3) is 5.94. The summed E-state index contributed by atoms with van der Waals surface area (Å²) >= 11 is 0. The van der Waals surface area contributed by atoms with Crippen molar-refractivity contribution in [1.29, 1.82) is 0 Å². The maximum absolute atomic E-state index is 12.7. The maximum Gasteiger partial charge on any atom is 0.490 e. The molecular formula is C21H27F3N2O5. The van der Waals surface area contributed by atoms with Gasteiger partial charge in [0, 0.05) is 49.0 Å². The van der Waals surface area contributed by atoms with Gasteiger partial charge in [0.2, 0.25) is 0 Å². The number of aromatic nitrogens is 1. The molecule has 1 aliphatic carbocycles. The van der Waals surface area contributed by atoms with Crippen molar-refractivity contribution in [2.45, 2.75) is 31.9 Å². The summed E-state index contributed by atoms with van der Waals surface area (Å²) in [6.07, 6.45) is 3.57. The summed E-state index contributed by atoms with van der Waals surface area (Å²) in [5.41, 5.74) is 0.703. The topological polar surface area (TPSA) is 89.0 Å². The fraction of sp³-hybridized carbons (Fsp3) is 0.667. The van der Waals surface area contributed by atoms with Crippen molar-refractivity contribution in [2.75, 3.05) is 39.5 Å². The molecule has 0 radical (unpaired) electrons. The average molecular weight is 444 g/mol. The quantitative estimate of drug-likeness (QED) is 0.751. The van der Waals surface area contributed by atoms with Gasteiger partial charge in [-0.3, -0.25) is 9.78 Å². The van der Waals surface area contributed by atoms with E-state index < -0.39 is 12.1 Å². The van der Waals surface area contributed by atoms with E-state index in [-0.39, 0.29) is 11.3 Å². The molecule has 1 amide bonds. The highest BCUT2D eigenvalue weighted by Gasteiger charge is 2.52. The van der Waals surface area contributed by atoms with Crippen LogP contribution in [-0.4, -0.2) is 72.6 Å². The minimum Gasteiger partial charge on any atom is -0.475 e.